The van der Waals surface area contributed by atoms with Gasteiger partial charge in [0.25, 0.3) is 5.91 Å². The SMILES string of the molecule is COC(=O)CSc1ncc(-c2ccc(F)cc2)c([C@@H]2CCCN(C(=O)c3cnccn3)C2)n1. The van der Waals surface area contributed by atoms with Crippen molar-refractivity contribution in [3.05, 3.63) is 66.3 Å². The molecule has 0 aliphatic carbocycles. The van der Waals surface area contributed by atoms with E-state index in [1.807, 2.05) is 0 Å². The molecule has 170 valence electrons. The summed E-state index contributed by atoms with van der Waals surface area (Å²) in [4.78, 5) is 43.5. The Balaban J connectivity index is 1.64. The maximum Gasteiger partial charge on any atom is 0.316 e. The Morgan fingerprint density at radius 2 is 2.00 bits per heavy atom. The number of benzene rings is 1. The summed E-state index contributed by atoms with van der Waals surface area (Å²) in [5.41, 5.74) is 2.62. The highest BCUT2D eigenvalue weighted by molar-refractivity contribution is 7.99. The molecule has 1 aliphatic heterocycles. The fourth-order valence-corrected chi connectivity index (χ4v) is 4.40. The van der Waals surface area contributed by atoms with Crippen LogP contribution in [0.4, 0.5) is 4.39 Å². The van der Waals surface area contributed by atoms with Gasteiger partial charge in [-0.15, -0.1) is 0 Å². The van der Waals surface area contributed by atoms with Crippen molar-refractivity contribution in [2.24, 2.45) is 0 Å². The van der Waals surface area contributed by atoms with Crippen LogP contribution < -0.4 is 0 Å². The molecule has 0 radical (unpaired) electrons. The fourth-order valence-electron chi connectivity index (χ4n) is 3.75. The average molecular weight is 468 g/mol. The summed E-state index contributed by atoms with van der Waals surface area (Å²) in [5, 5.41) is 0.443. The lowest BCUT2D eigenvalue weighted by atomic mass is 9.90. The number of hydrogen-bond donors (Lipinski definition) is 0. The highest BCUT2D eigenvalue weighted by Crippen LogP contribution is 2.34. The summed E-state index contributed by atoms with van der Waals surface area (Å²) < 4.78 is 18.2. The molecule has 1 amide bonds. The van der Waals surface area contributed by atoms with E-state index in [-0.39, 0.29) is 29.4 Å². The Bertz CT molecular complexity index is 1130. The molecule has 0 bridgehead atoms. The van der Waals surface area contributed by atoms with Crippen molar-refractivity contribution in [2.45, 2.75) is 23.9 Å². The molecular formula is C23H22FN5O3S. The van der Waals surface area contributed by atoms with Crippen LogP contribution in [0.2, 0.25) is 0 Å². The third-order valence-electron chi connectivity index (χ3n) is 5.38. The Kier molecular flexibility index (Phi) is 7.23. The van der Waals surface area contributed by atoms with Crippen LogP contribution in [0.5, 0.6) is 0 Å². The fraction of sp³-hybridized carbons (Fsp3) is 0.304. The van der Waals surface area contributed by atoms with E-state index in [4.69, 9.17) is 9.72 Å². The molecule has 1 aliphatic rings. The van der Waals surface area contributed by atoms with Gasteiger partial charge in [0, 0.05) is 43.2 Å². The lowest BCUT2D eigenvalue weighted by Crippen LogP contribution is -2.39. The number of halogens is 1. The van der Waals surface area contributed by atoms with Crippen molar-refractivity contribution in [3.8, 4) is 11.1 Å². The van der Waals surface area contributed by atoms with Gasteiger partial charge < -0.3 is 9.64 Å². The Morgan fingerprint density at radius 1 is 1.18 bits per heavy atom. The third-order valence-corrected chi connectivity index (χ3v) is 6.21. The van der Waals surface area contributed by atoms with E-state index in [1.54, 1.807) is 23.2 Å². The zero-order valence-corrected chi connectivity index (χ0v) is 18.8. The number of nitrogens with zero attached hydrogens (tertiary/aromatic N) is 5. The molecule has 3 aromatic rings. The molecule has 4 rings (SSSR count). The highest BCUT2D eigenvalue weighted by Gasteiger charge is 2.29. The van der Waals surface area contributed by atoms with Crippen molar-refractivity contribution in [3.63, 3.8) is 0 Å². The molecule has 3 heterocycles. The first-order valence-corrected chi connectivity index (χ1v) is 11.4. The van der Waals surface area contributed by atoms with Gasteiger partial charge in [-0.05, 0) is 30.5 Å². The van der Waals surface area contributed by atoms with E-state index in [1.165, 1.54) is 49.6 Å². The van der Waals surface area contributed by atoms with E-state index < -0.39 is 0 Å². The summed E-state index contributed by atoms with van der Waals surface area (Å²) in [5.74, 6) is -0.838. The monoisotopic (exact) mass is 467 g/mol. The molecule has 0 saturated carbocycles. The van der Waals surface area contributed by atoms with Crippen LogP contribution in [0.3, 0.4) is 0 Å². The minimum atomic E-state index is -0.369. The van der Waals surface area contributed by atoms with Crippen LogP contribution in [-0.2, 0) is 9.53 Å². The number of methoxy groups -OCH3 is 1. The second-order valence-electron chi connectivity index (χ2n) is 7.50. The van der Waals surface area contributed by atoms with Gasteiger partial charge in [-0.3, -0.25) is 14.6 Å². The maximum absolute atomic E-state index is 13.5. The number of thioether (sulfide) groups is 1. The van der Waals surface area contributed by atoms with Gasteiger partial charge in [0.1, 0.15) is 11.5 Å². The molecule has 2 aromatic heterocycles. The number of carbonyl (C=O) groups is 2. The van der Waals surface area contributed by atoms with Gasteiger partial charge in [0.15, 0.2) is 5.16 Å². The zero-order chi connectivity index (χ0) is 23.2. The van der Waals surface area contributed by atoms with Crippen LogP contribution >= 0.6 is 11.8 Å². The average Bonchev–Trinajstić information content (AvgIpc) is 2.87. The minimum Gasteiger partial charge on any atom is -0.468 e. The van der Waals surface area contributed by atoms with Crippen molar-refractivity contribution < 1.29 is 18.7 Å². The normalized spacial score (nSPS) is 15.8. The van der Waals surface area contributed by atoms with Crippen LogP contribution in [0.25, 0.3) is 11.1 Å². The molecule has 1 saturated heterocycles. The Labute approximate surface area is 194 Å². The van der Waals surface area contributed by atoms with E-state index in [0.717, 1.165) is 29.7 Å². The molecular weight excluding hydrogens is 445 g/mol. The van der Waals surface area contributed by atoms with E-state index in [9.17, 15) is 14.0 Å². The van der Waals surface area contributed by atoms with Crippen molar-refractivity contribution in [1.82, 2.24) is 24.8 Å². The molecule has 0 spiro atoms. The molecule has 1 fully saturated rings. The van der Waals surface area contributed by atoms with Crippen molar-refractivity contribution in [2.75, 3.05) is 26.0 Å². The van der Waals surface area contributed by atoms with Crippen molar-refractivity contribution >= 4 is 23.6 Å². The lowest BCUT2D eigenvalue weighted by molar-refractivity contribution is -0.137. The molecule has 0 N–H and O–H groups in total. The van der Waals surface area contributed by atoms with Crippen molar-refractivity contribution in [1.29, 1.82) is 0 Å². The number of rotatable bonds is 6. The zero-order valence-electron chi connectivity index (χ0n) is 18.0. The largest absolute Gasteiger partial charge is 0.468 e. The summed E-state index contributed by atoms with van der Waals surface area (Å²) in [6, 6.07) is 6.15. The maximum atomic E-state index is 13.5. The summed E-state index contributed by atoms with van der Waals surface area (Å²) in [7, 11) is 1.33. The number of carbonyl (C=O) groups excluding carboxylic acids is 2. The minimum absolute atomic E-state index is 0.0556. The number of piperidine rings is 1. The summed E-state index contributed by atoms with van der Waals surface area (Å²) in [6.45, 7) is 1.08. The predicted molar refractivity (Wildman–Crippen MR) is 120 cm³/mol. The second-order valence-corrected chi connectivity index (χ2v) is 8.45. The third kappa shape index (κ3) is 5.51. The van der Waals surface area contributed by atoms with Crippen LogP contribution in [0, 0.1) is 5.82 Å². The second kappa shape index (κ2) is 10.5. The number of esters is 1. The highest BCUT2D eigenvalue weighted by atomic mass is 32.2. The smallest absolute Gasteiger partial charge is 0.316 e. The van der Waals surface area contributed by atoms with Gasteiger partial charge >= 0.3 is 5.97 Å². The quantitative estimate of drug-likeness (QED) is 0.309. The number of aromatic nitrogens is 4. The molecule has 10 heteroatoms. The van der Waals surface area contributed by atoms with E-state index in [2.05, 4.69) is 15.0 Å². The first-order chi connectivity index (χ1) is 16.0. The number of hydrogen-bond acceptors (Lipinski definition) is 8. The topological polar surface area (TPSA) is 98.2 Å². The predicted octanol–water partition coefficient (Wildman–Crippen LogP) is 3.36. The van der Waals surface area contributed by atoms with Gasteiger partial charge in [0.2, 0.25) is 0 Å². The molecule has 1 aromatic carbocycles. The van der Waals surface area contributed by atoms with Gasteiger partial charge in [-0.2, -0.15) is 0 Å². The molecule has 8 nitrogen and oxygen atoms in total. The van der Waals surface area contributed by atoms with E-state index >= 15 is 0 Å². The Hall–Kier alpha value is -3.40. The molecule has 0 unspecified atom stereocenters. The van der Waals surface area contributed by atoms with Gasteiger partial charge in [-0.1, -0.05) is 23.9 Å². The lowest BCUT2D eigenvalue weighted by Gasteiger charge is -2.33. The number of ether oxygens (including phenoxy) is 1. The van der Waals surface area contributed by atoms with Crippen LogP contribution in [0.15, 0.2) is 54.2 Å². The Morgan fingerprint density at radius 3 is 2.73 bits per heavy atom. The molecule has 33 heavy (non-hydrogen) atoms. The van der Waals surface area contributed by atoms with Gasteiger partial charge in [-0.25, -0.2) is 19.3 Å². The summed E-state index contributed by atoms with van der Waals surface area (Å²) in [6.07, 6.45) is 7.81. The van der Waals surface area contributed by atoms with E-state index in [0.29, 0.717) is 23.9 Å². The number of amides is 1. The first-order valence-electron chi connectivity index (χ1n) is 10.4. The van der Waals surface area contributed by atoms with Crippen LogP contribution in [0.1, 0.15) is 34.9 Å². The van der Waals surface area contributed by atoms with Crippen LogP contribution in [-0.4, -0.2) is 62.7 Å². The first kappa shape index (κ1) is 22.8. The number of likely N-dealkylation sites (tertiary alicyclic amines) is 1. The molecule has 1 atom stereocenters. The van der Waals surface area contributed by atoms with Gasteiger partial charge in [0.05, 0.1) is 24.8 Å². The summed E-state index contributed by atoms with van der Waals surface area (Å²) >= 11 is 1.19. The standard InChI is InChI=1S/C23H22FN5O3S/c1-32-20(30)14-33-23-27-11-18(15-4-6-17(24)7-5-15)21(28-23)16-3-2-10-29(13-16)22(31)19-12-25-8-9-26-19/h4-9,11-12,16H,2-3,10,13-14H2,1H3/t16-/m1/s1.